The van der Waals surface area contributed by atoms with Crippen LogP contribution in [-0.2, 0) is 4.79 Å². The number of rotatable bonds is 6. The van der Waals surface area contributed by atoms with Gasteiger partial charge in [-0.3, -0.25) is 14.4 Å². The van der Waals surface area contributed by atoms with Crippen LogP contribution in [0.4, 0.5) is 5.13 Å². The molecule has 0 atom stereocenters. The summed E-state index contributed by atoms with van der Waals surface area (Å²) in [5, 5.41) is 9.05. The number of amides is 2. The molecule has 0 aliphatic heterocycles. The molecule has 0 bridgehead atoms. The van der Waals surface area contributed by atoms with Gasteiger partial charge >= 0.3 is 0 Å². The Hall–Kier alpha value is -2.06. The smallest absolute Gasteiger partial charge is 0.261 e. The summed E-state index contributed by atoms with van der Waals surface area (Å²) in [7, 11) is 0. The first-order chi connectivity index (χ1) is 10.1. The van der Waals surface area contributed by atoms with E-state index in [1.165, 1.54) is 29.6 Å². The van der Waals surface area contributed by atoms with Crippen molar-refractivity contribution in [3.63, 3.8) is 0 Å². The van der Waals surface area contributed by atoms with Crippen LogP contribution in [0.2, 0.25) is 0 Å². The Kier molecular flexibility index (Phi) is 5.18. The Morgan fingerprint density at radius 1 is 1.29 bits per heavy atom. The highest BCUT2D eigenvalue weighted by molar-refractivity contribution is 7.14. The molecule has 21 heavy (non-hydrogen) atoms. The Labute approximate surface area is 129 Å². The van der Waals surface area contributed by atoms with Crippen molar-refractivity contribution in [1.82, 2.24) is 10.3 Å². The number of Topliss-reactive ketones (excluding diaryl/α,β-unsaturated/α-hetero) is 1. The summed E-state index contributed by atoms with van der Waals surface area (Å²) in [4.78, 5) is 39.0. The lowest BCUT2D eigenvalue weighted by Gasteiger charge is -2.03. The Balaban J connectivity index is 1.74. The van der Waals surface area contributed by atoms with Crippen LogP contribution < -0.4 is 10.6 Å². The number of carbonyl (C=O) groups is 3. The number of hydrogen-bond acceptors (Lipinski definition) is 6. The van der Waals surface area contributed by atoms with Crippen molar-refractivity contribution in [3.05, 3.63) is 33.5 Å². The molecule has 2 aromatic heterocycles. The lowest BCUT2D eigenvalue weighted by Crippen LogP contribution is -2.27. The third-order valence-corrected chi connectivity index (χ3v) is 4.12. The Morgan fingerprint density at radius 2 is 2.10 bits per heavy atom. The summed E-state index contributed by atoms with van der Waals surface area (Å²) in [5.74, 6) is -0.591. The van der Waals surface area contributed by atoms with E-state index in [1.807, 2.05) is 5.38 Å². The Bertz CT molecular complexity index is 649. The minimum atomic E-state index is -0.258. The summed E-state index contributed by atoms with van der Waals surface area (Å²) in [5.41, 5.74) is 0.335. The molecule has 0 saturated carbocycles. The molecule has 8 heteroatoms. The molecule has 0 unspecified atom stereocenters. The summed E-state index contributed by atoms with van der Waals surface area (Å²) >= 11 is 2.54. The van der Waals surface area contributed by atoms with Gasteiger partial charge in [-0.1, -0.05) is 6.07 Å². The SMILES string of the molecule is CC(=O)c1csc(NC(=O)CCNC(=O)c2cccs2)n1. The average molecular weight is 323 g/mol. The highest BCUT2D eigenvalue weighted by Crippen LogP contribution is 2.15. The van der Waals surface area contributed by atoms with Crippen LogP contribution in [0.15, 0.2) is 22.9 Å². The van der Waals surface area contributed by atoms with E-state index in [-0.39, 0.29) is 30.6 Å². The van der Waals surface area contributed by atoms with Crippen molar-refractivity contribution < 1.29 is 14.4 Å². The molecular weight excluding hydrogens is 310 g/mol. The zero-order valence-corrected chi connectivity index (χ0v) is 12.8. The van der Waals surface area contributed by atoms with Gasteiger partial charge < -0.3 is 10.6 Å². The molecule has 0 aromatic carbocycles. The molecule has 0 saturated heterocycles. The van der Waals surface area contributed by atoms with Gasteiger partial charge in [-0.25, -0.2) is 4.98 Å². The number of nitrogens with one attached hydrogen (secondary N) is 2. The summed E-state index contributed by atoms with van der Waals surface area (Å²) in [6.07, 6.45) is 0.145. The quantitative estimate of drug-likeness (QED) is 0.797. The Morgan fingerprint density at radius 3 is 2.71 bits per heavy atom. The van der Waals surface area contributed by atoms with Crippen LogP contribution in [0.5, 0.6) is 0 Å². The van der Waals surface area contributed by atoms with Gasteiger partial charge in [0, 0.05) is 25.3 Å². The van der Waals surface area contributed by atoms with E-state index in [2.05, 4.69) is 15.6 Å². The molecule has 2 amide bonds. The summed E-state index contributed by atoms with van der Waals surface area (Å²) < 4.78 is 0. The minimum absolute atomic E-state index is 0.144. The second-order valence-corrected chi connectivity index (χ2v) is 5.93. The molecule has 2 heterocycles. The van der Waals surface area contributed by atoms with Crippen molar-refractivity contribution in [1.29, 1.82) is 0 Å². The standard InChI is InChI=1S/C13H13N3O3S2/c1-8(17)9-7-21-13(15-9)16-11(18)4-5-14-12(19)10-3-2-6-20-10/h2-3,6-7H,4-5H2,1H3,(H,14,19)(H,15,16,18). The number of thiazole rings is 1. The van der Waals surface area contributed by atoms with Crippen molar-refractivity contribution in [2.24, 2.45) is 0 Å². The third-order valence-electron chi connectivity index (χ3n) is 2.49. The maximum atomic E-state index is 11.7. The number of thiophene rings is 1. The zero-order chi connectivity index (χ0) is 15.2. The highest BCUT2D eigenvalue weighted by Gasteiger charge is 2.10. The molecule has 0 aliphatic carbocycles. The molecule has 2 N–H and O–H groups in total. The van der Waals surface area contributed by atoms with Crippen LogP contribution >= 0.6 is 22.7 Å². The number of ketones is 1. The molecule has 2 rings (SSSR count). The normalized spacial score (nSPS) is 10.1. The molecular formula is C13H13N3O3S2. The van der Waals surface area contributed by atoms with Crippen molar-refractivity contribution in [3.8, 4) is 0 Å². The van der Waals surface area contributed by atoms with Gasteiger partial charge in [0.2, 0.25) is 5.91 Å². The predicted molar refractivity (Wildman–Crippen MR) is 82.0 cm³/mol. The van der Waals surface area contributed by atoms with E-state index in [9.17, 15) is 14.4 Å². The maximum absolute atomic E-state index is 11.7. The molecule has 0 spiro atoms. The first kappa shape index (κ1) is 15.3. The first-order valence-corrected chi connectivity index (χ1v) is 7.90. The monoisotopic (exact) mass is 323 g/mol. The molecule has 0 aliphatic rings. The molecule has 0 fully saturated rings. The fraction of sp³-hybridized carbons (Fsp3) is 0.231. The average Bonchev–Trinajstić information content (AvgIpc) is 3.09. The van der Waals surface area contributed by atoms with Gasteiger partial charge in [-0.05, 0) is 11.4 Å². The fourth-order valence-electron chi connectivity index (χ4n) is 1.46. The molecule has 6 nitrogen and oxygen atoms in total. The van der Waals surface area contributed by atoms with Gasteiger partial charge in [0.1, 0.15) is 5.69 Å². The van der Waals surface area contributed by atoms with Crippen molar-refractivity contribution in [2.75, 3.05) is 11.9 Å². The lowest BCUT2D eigenvalue weighted by molar-refractivity contribution is -0.116. The van der Waals surface area contributed by atoms with Gasteiger partial charge in [0.25, 0.3) is 5.91 Å². The van der Waals surface area contributed by atoms with Crippen LogP contribution in [-0.4, -0.2) is 29.1 Å². The van der Waals surface area contributed by atoms with Crippen LogP contribution in [0.1, 0.15) is 33.5 Å². The van der Waals surface area contributed by atoms with Gasteiger partial charge in [0.05, 0.1) is 4.88 Å². The predicted octanol–water partition coefficient (Wildman–Crippen LogP) is 2.17. The van der Waals surface area contributed by atoms with Gasteiger partial charge in [0.15, 0.2) is 10.9 Å². The highest BCUT2D eigenvalue weighted by atomic mass is 32.1. The largest absolute Gasteiger partial charge is 0.351 e. The fourth-order valence-corrected chi connectivity index (χ4v) is 2.86. The molecule has 2 aromatic rings. The van der Waals surface area contributed by atoms with Crippen molar-refractivity contribution >= 4 is 45.4 Å². The summed E-state index contributed by atoms with van der Waals surface area (Å²) in [6.45, 7) is 1.66. The second kappa shape index (κ2) is 7.09. The number of anilines is 1. The number of nitrogens with zero attached hydrogens (tertiary/aromatic N) is 1. The van der Waals surface area contributed by atoms with E-state index < -0.39 is 0 Å². The van der Waals surface area contributed by atoms with Crippen LogP contribution in [0, 0.1) is 0 Å². The van der Waals surface area contributed by atoms with E-state index >= 15 is 0 Å². The van der Waals surface area contributed by atoms with E-state index in [4.69, 9.17) is 0 Å². The maximum Gasteiger partial charge on any atom is 0.261 e. The number of carbonyl (C=O) groups excluding carboxylic acids is 3. The topological polar surface area (TPSA) is 88.2 Å². The second-order valence-electron chi connectivity index (χ2n) is 4.13. The molecule has 110 valence electrons. The molecule has 0 radical (unpaired) electrons. The summed E-state index contributed by atoms with van der Waals surface area (Å²) in [6, 6.07) is 3.51. The minimum Gasteiger partial charge on any atom is -0.351 e. The van der Waals surface area contributed by atoms with Crippen molar-refractivity contribution in [2.45, 2.75) is 13.3 Å². The first-order valence-electron chi connectivity index (χ1n) is 6.14. The van der Waals surface area contributed by atoms with Crippen LogP contribution in [0.25, 0.3) is 0 Å². The van der Waals surface area contributed by atoms with E-state index in [0.717, 1.165) is 0 Å². The van der Waals surface area contributed by atoms with E-state index in [1.54, 1.807) is 17.5 Å². The van der Waals surface area contributed by atoms with Crippen LogP contribution in [0.3, 0.4) is 0 Å². The third kappa shape index (κ3) is 4.47. The van der Waals surface area contributed by atoms with Gasteiger partial charge in [-0.15, -0.1) is 22.7 Å². The number of hydrogen-bond donors (Lipinski definition) is 2. The van der Waals surface area contributed by atoms with Gasteiger partial charge in [-0.2, -0.15) is 0 Å². The number of aromatic nitrogens is 1. The van der Waals surface area contributed by atoms with E-state index in [0.29, 0.717) is 15.7 Å². The lowest BCUT2D eigenvalue weighted by atomic mass is 10.3. The zero-order valence-electron chi connectivity index (χ0n) is 11.2.